The molecule has 1 amide bonds. The van der Waals surface area contributed by atoms with E-state index in [4.69, 9.17) is 14.2 Å². The van der Waals surface area contributed by atoms with Gasteiger partial charge in [0, 0.05) is 16.8 Å². The molecule has 0 aliphatic carbocycles. The average Bonchev–Trinajstić information content (AvgIpc) is 2.82. The Balaban J connectivity index is 1.58. The summed E-state index contributed by atoms with van der Waals surface area (Å²) < 4.78 is 15.5. The van der Waals surface area contributed by atoms with Crippen LogP contribution in [-0.4, -0.2) is 38.5 Å². The third kappa shape index (κ3) is 5.51. The Morgan fingerprint density at radius 2 is 1.34 bits per heavy atom. The maximum Gasteiger partial charge on any atom is 0.338 e. The van der Waals surface area contributed by atoms with E-state index in [9.17, 15) is 14.4 Å². The first-order valence-electron chi connectivity index (χ1n) is 9.81. The molecule has 0 fully saturated rings. The smallest absolute Gasteiger partial charge is 0.338 e. The van der Waals surface area contributed by atoms with Crippen LogP contribution < -0.4 is 14.8 Å². The Kier molecular flexibility index (Phi) is 7.23. The van der Waals surface area contributed by atoms with Crippen molar-refractivity contribution in [3.8, 4) is 11.5 Å². The van der Waals surface area contributed by atoms with Gasteiger partial charge in [-0.05, 0) is 49.4 Å². The van der Waals surface area contributed by atoms with E-state index in [0.29, 0.717) is 28.3 Å². The van der Waals surface area contributed by atoms with Crippen LogP contribution in [0.2, 0.25) is 0 Å². The second-order valence-corrected chi connectivity index (χ2v) is 6.97. The summed E-state index contributed by atoms with van der Waals surface area (Å²) in [5.74, 6) is -0.281. The maximum absolute atomic E-state index is 12.5. The van der Waals surface area contributed by atoms with Gasteiger partial charge in [-0.15, -0.1) is 0 Å². The van der Waals surface area contributed by atoms with E-state index < -0.39 is 5.97 Å². The van der Waals surface area contributed by atoms with Crippen molar-refractivity contribution in [2.45, 2.75) is 6.92 Å². The van der Waals surface area contributed by atoms with Crippen LogP contribution >= 0.6 is 0 Å². The first-order valence-corrected chi connectivity index (χ1v) is 9.81. The fraction of sp³-hybridized carbons (Fsp3) is 0.160. The lowest BCUT2D eigenvalue weighted by Crippen LogP contribution is -2.15. The monoisotopic (exact) mass is 433 g/mol. The first-order chi connectivity index (χ1) is 15.4. The van der Waals surface area contributed by atoms with Gasteiger partial charge in [-0.2, -0.15) is 0 Å². The molecule has 7 nitrogen and oxygen atoms in total. The van der Waals surface area contributed by atoms with E-state index in [1.807, 2.05) is 19.1 Å². The van der Waals surface area contributed by atoms with Gasteiger partial charge >= 0.3 is 5.97 Å². The molecule has 0 bridgehead atoms. The molecule has 0 aromatic heterocycles. The highest BCUT2D eigenvalue weighted by molar-refractivity contribution is 6.05. The number of methoxy groups -OCH3 is 2. The summed E-state index contributed by atoms with van der Waals surface area (Å²) in [5, 5.41) is 2.75. The van der Waals surface area contributed by atoms with E-state index in [2.05, 4.69) is 5.32 Å². The largest absolute Gasteiger partial charge is 0.493 e. The number of anilines is 1. The van der Waals surface area contributed by atoms with Gasteiger partial charge in [0.25, 0.3) is 5.91 Å². The van der Waals surface area contributed by atoms with Crippen LogP contribution in [0.3, 0.4) is 0 Å². The second kappa shape index (κ2) is 10.3. The highest BCUT2D eigenvalue weighted by Gasteiger charge is 2.14. The average molecular weight is 433 g/mol. The minimum atomic E-state index is -0.622. The molecule has 7 heteroatoms. The van der Waals surface area contributed by atoms with Crippen molar-refractivity contribution in [2.24, 2.45) is 0 Å². The fourth-order valence-corrected chi connectivity index (χ4v) is 2.91. The van der Waals surface area contributed by atoms with Crippen LogP contribution in [0.4, 0.5) is 5.69 Å². The van der Waals surface area contributed by atoms with Gasteiger partial charge in [0.15, 0.2) is 23.9 Å². The molecule has 3 aromatic carbocycles. The molecule has 0 atom stereocenters. The number of amides is 1. The lowest BCUT2D eigenvalue weighted by molar-refractivity contribution is 0.0475. The molecule has 0 spiro atoms. The van der Waals surface area contributed by atoms with Gasteiger partial charge in [-0.3, -0.25) is 9.59 Å². The molecule has 3 rings (SSSR count). The molecule has 0 saturated carbocycles. The van der Waals surface area contributed by atoms with Gasteiger partial charge in [-0.1, -0.05) is 29.8 Å². The highest BCUT2D eigenvalue weighted by Crippen LogP contribution is 2.28. The molecule has 32 heavy (non-hydrogen) atoms. The standard InChI is InChI=1S/C25H23NO6/c1-16-4-6-17(7-5-16)21(27)15-32-25(29)18-8-11-20(12-9-18)26-24(28)19-10-13-22(30-2)23(14-19)31-3/h4-14H,15H2,1-3H3,(H,26,28). The quantitative estimate of drug-likeness (QED) is 0.421. The molecule has 0 unspecified atom stereocenters. The van der Waals surface area contributed by atoms with Gasteiger partial charge in [-0.25, -0.2) is 4.79 Å². The number of benzene rings is 3. The molecule has 0 heterocycles. The Hall–Kier alpha value is -4.13. The van der Waals surface area contributed by atoms with Crippen molar-refractivity contribution in [1.82, 2.24) is 0 Å². The SMILES string of the molecule is COc1ccc(C(=O)Nc2ccc(C(=O)OCC(=O)c3ccc(C)cc3)cc2)cc1OC. The molecule has 164 valence electrons. The van der Waals surface area contributed by atoms with Crippen LogP contribution in [0.25, 0.3) is 0 Å². The topological polar surface area (TPSA) is 90.9 Å². The zero-order valence-electron chi connectivity index (χ0n) is 18.0. The predicted molar refractivity (Wildman–Crippen MR) is 120 cm³/mol. The lowest BCUT2D eigenvalue weighted by Gasteiger charge is -2.10. The van der Waals surface area contributed by atoms with Gasteiger partial charge < -0.3 is 19.5 Å². The van der Waals surface area contributed by atoms with Crippen LogP contribution in [0, 0.1) is 6.92 Å². The van der Waals surface area contributed by atoms with Crippen LogP contribution in [0.5, 0.6) is 11.5 Å². The summed E-state index contributed by atoms with van der Waals surface area (Å²) in [6, 6.07) is 18.1. The third-order valence-corrected chi connectivity index (χ3v) is 4.73. The molecular weight excluding hydrogens is 410 g/mol. The van der Waals surface area contributed by atoms with Gasteiger partial charge in [0.05, 0.1) is 19.8 Å². The number of ketones is 1. The highest BCUT2D eigenvalue weighted by atomic mass is 16.5. The summed E-state index contributed by atoms with van der Waals surface area (Å²) in [6.45, 7) is 1.58. The second-order valence-electron chi connectivity index (χ2n) is 6.97. The van der Waals surface area contributed by atoms with Crippen molar-refractivity contribution < 1.29 is 28.6 Å². The molecular formula is C25H23NO6. The maximum atomic E-state index is 12.5. The number of hydrogen-bond donors (Lipinski definition) is 1. The van der Waals surface area contributed by atoms with E-state index in [0.717, 1.165) is 5.56 Å². The minimum absolute atomic E-state index is 0.269. The van der Waals surface area contributed by atoms with Crippen molar-refractivity contribution >= 4 is 23.3 Å². The minimum Gasteiger partial charge on any atom is -0.493 e. The number of nitrogens with one attached hydrogen (secondary N) is 1. The van der Waals surface area contributed by atoms with Gasteiger partial charge in [0.1, 0.15) is 0 Å². The Labute approximate surface area is 185 Å². The van der Waals surface area contributed by atoms with E-state index in [1.165, 1.54) is 26.4 Å². The van der Waals surface area contributed by atoms with E-state index in [1.54, 1.807) is 42.5 Å². The number of carbonyl (C=O) groups excluding carboxylic acids is 3. The summed E-state index contributed by atoms with van der Waals surface area (Å²) in [5.41, 5.74) is 2.68. The van der Waals surface area contributed by atoms with Crippen LogP contribution in [-0.2, 0) is 4.74 Å². The summed E-state index contributed by atoms with van der Waals surface area (Å²) in [7, 11) is 3.01. The third-order valence-electron chi connectivity index (χ3n) is 4.73. The number of aryl methyl sites for hydroxylation is 1. The summed E-state index contributed by atoms with van der Waals surface area (Å²) >= 11 is 0. The van der Waals surface area contributed by atoms with E-state index in [-0.39, 0.29) is 23.9 Å². The predicted octanol–water partition coefficient (Wildman–Crippen LogP) is 4.30. The Bertz CT molecular complexity index is 1120. The van der Waals surface area contributed by atoms with Crippen LogP contribution in [0.1, 0.15) is 36.6 Å². The number of rotatable bonds is 8. The van der Waals surface area contributed by atoms with Crippen molar-refractivity contribution in [3.63, 3.8) is 0 Å². The number of esters is 1. The number of carbonyl (C=O) groups is 3. The lowest BCUT2D eigenvalue weighted by atomic mass is 10.1. The Morgan fingerprint density at radius 3 is 1.97 bits per heavy atom. The van der Waals surface area contributed by atoms with Crippen molar-refractivity contribution in [1.29, 1.82) is 0 Å². The molecule has 1 N–H and O–H groups in total. The molecule has 0 aliphatic rings. The zero-order chi connectivity index (χ0) is 23.1. The number of Topliss-reactive ketones (excluding diaryl/α,β-unsaturated/α-hetero) is 1. The first kappa shape index (κ1) is 22.6. The molecule has 0 radical (unpaired) electrons. The number of ether oxygens (including phenoxy) is 3. The van der Waals surface area contributed by atoms with Crippen LogP contribution in [0.15, 0.2) is 66.7 Å². The molecule has 0 aliphatic heterocycles. The number of hydrogen-bond acceptors (Lipinski definition) is 6. The molecule has 0 saturated heterocycles. The van der Waals surface area contributed by atoms with Crippen molar-refractivity contribution in [3.05, 3.63) is 89.0 Å². The van der Waals surface area contributed by atoms with E-state index >= 15 is 0 Å². The normalized spacial score (nSPS) is 10.2. The molecule has 3 aromatic rings. The zero-order valence-corrected chi connectivity index (χ0v) is 18.0. The Morgan fingerprint density at radius 1 is 0.750 bits per heavy atom. The van der Waals surface area contributed by atoms with Crippen molar-refractivity contribution in [2.75, 3.05) is 26.1 Å². The summed E-state index contributed by atoms with van der Waals surface area (Å²) in [4.78, 5) is 36.9. The fourth-order valence-electron chi connectivity index (χ4n) is 2.91. The summed E-state index contributed by atoms with van der Waals surface area (Å²) in [6.07, 6.45) is 0. The van der Waals surface area contributed by atoms with Gasteiger partial charge in [0.2, 0.25) is 0 Å².